The van der Waals surface area contributed by atoms with Crippen molar-refractivity contribution >= 4 is 11.8 Å². The van der Waals surface area contributed by atoms with Gasteiger partial charge in [-0.05, 0) is 18.4 Å². The summed E-state index contributed by atoms with van der Waals surface area (Å²) < 4.78 is 0. The second kappa shape index (κ2) is 7.80. The van der Waals surface area contributed by atoms with Crippen molar-refractivity contribution in [2.45, 2.75) is 24.9 Å². The van der Waals surface area contributed by atoms with E-state index in [-0.39, 0.29) is 24.4 Å². The summed E-state index contributed by atoms with van der Waals surface area (Å²) in [7, 11) is 3.33. The molecular formula is C18H23N3O2. The average molecular weight is 313 g/mol. The molecule has 0 spiro atoms. The van der Waals surface area contributed by atoms with Gasteiger partial charge in [0.1, 0.15) is 6.04 Å². The van der Waals surface area contributed by atoms with Gasteiger partial charge in [-0.25, -0.2) is 0 Å². The number of benzene rings is 1. The molecule has 1 fully saturated rings. The maximum atomic E-state index is 12.6. The number of carbonyl (C=O) groups excluding carboxylic acids is 2. The van der Waals surface area contributed by atoms with Gasteiger partial charge in [-0.2, -0.15) is 0 Å². The number of carbonyl (C=O) groups is 2. The Labute approximate surface area is 137 Å². The standard InChI is InChI=1S/C18H23N3O2/c1-4-12-20(3)18(23)15-11-8-13-21(15)16(17(22)19-2)14-9-6-5-7-10-14/h1,5-7,9-10,15-16H,8,11-13H2,2-3H3,(H,19,22). The number of hydrogen-bond acceptors (Lipinski definition) is 3. The van der Waals surface area contributed by atoms with E-state index >= 15 is 0 Å². The average Bonchev–Trinajstić information content (AvgIpc) is 3.04. The third kappa shape index (κ3) is 3.72. The Morgan fingerprint density at radius 3 is 2.74 bits per heavy atom. The monoisotopic (exact) mass is 313 g/mol. The molecule has 5 nitrogen and oxygen atoms in total. The lowest BCUT2D eigenvalue weighted by Crippen LogP contribution is -2.48. The molecule has 0 bridgehead atoms. The van der Waals surface area contributed by atoms with Crippen molar-refractivity contribution in [2.75, 3.05) is 27.2 Å². The summed E-state index contributed by atoms with van der Waals surface area (Å²) >= 11 is 0. The Morgan fingerprint density at radius 1 is 1.43 bits per heavy atom. The summed E-state index contributed by atoms with van der Waals surface area (Å²) in [4.78, 5) is 28.6. The van der Waals surface area contributed by atoms with E-state index in [1.54, 1.807) is 19.0 Å². The van der Waals surface area contributed by atoms with Crippen LogP contribution in [0.2, 0.25) is 0 Å². The molecule has 1 aromatic rings. The van der Waals surface area contributed by atoms with Crippen molar-refractivity contribution in [2.24, 2.45) is 0 Å². The highest BCUT2D eigenvalue weighted by molar-refractivity contribution is 5.86. The van der Waals surface area contributed by atoms with E-state index in [4.69, 9.17) is 6.42 Å². The van der Waals surface area contributed by atoms with Gasteiger partial charge in [-0.15, -0.1) is 6.42 Å². The van der Waals surface area contributed by atoms with Crippen LogP contribution in [-0.2, 0) is 9.59 Å². The minimum Gasteiger partial charge on any atom is -0.358 e. The van der Waals surface area contributed by atoms with Gasteiger partial charge < -0.3 is 10.2 Å². The number of likely N-dealkylation sites (tertiary alicyclic amines) is 1. The van der Waals surface area contributed by atoms with E-state index in [9.17, 15) is 9.59 Å². The molecule has 1 aliphatic rings. The van der Waals surface area contributed by atoms with Crippen molar-refractivity contribution in [3.8, 4) is 12.3 Å². The molecule has 5 heteroatoms. The first-order valence-corrected chi connectivity index (χ1v) is 7.81. The van der Waals surface area contributed by atoms with Crippen molar-refractivity contribution in [3.63, 3.8) is 0 Å². The Kier molecular flexibility index (Phi) is 5.78. The number of terminal acetylenes is 1. The molecule has 1 aliphatic heterocycles. The molecule has 2 unspecified atom stereocenters. The number of likely N-dealkylation sites (N-methyl/N-ethyl adjacent to an activating group) is 2. The van der Waals surface area contributed by atoms with Crippen LogP contribution >= 0.6 is 0 Å². The second-order valence-electron chi connectivity index (χ2n) is 5.72. The molecule has 1 aromatic carbocycles. The molecular weight excluding hydrogens is 290 g/mol. The summed E-state index contributed by atoms with van der Waals surface area (Å²) in [6.45, 7) is 0.992. The summed E-state index contributed by atoms with van der Waals surface area (Å²) in [5.41, 5.74) is 0.895. The molecule has 2 amide bonds. The van der Waals surface area contributed by atoms with Crippen LogP contribution in [0.25, 0.3) is 0 Å². The first kappa shape index (κ1) is 17.0. The number of rotatable bonds is 5. The first-order chi connectivity index (χ1) is 11.1. The molecule has 2 rings (SSSR count). The zero-order valence-corrected chi connectivity index (χ0v) is 13.7. The zero-order valence-electron chi connectivity index (χ0n) is 13.7. The third-order valence-corrected chi connectivity index (χ3v) is 4.23. The minimum absolute atomic E-state index is 0.0229. The van der Waals surface area contributed by atoms with Crippen LogP contribution in [0.5, 0.6) is 0 Å². The fourth-order valence-electron chi connectivity index (χ4n) is 3.10. The lowest BCUT2D eigenvalue weighted by Gasteiger charge is -2.33. The maximum Gasteiger partial charge on any atom is 0.241 e. The van der Waals surface area contributed by atoms with Gasteiger partial charge in [0, 0.05) is 20.6 Å². The number of nitrogens with one attached hydrogen (secondary N) is 1. The highest BCUT2D eigenvalue weighted by Crippen LogP contribution is 2.30. The van der Waals surface area contributed by atoms with Crippen molar-refractivity contribution in [3.05, 3.63) is 35.9 Å². The second-order valence-corrected chi connectivity index (χ2v) is 5.72. The molecule has 0 radical (unpaired) electrons. The van der Waals surface area contributed by atoms with Crippen molar-refractivity contribution < 1.29 is 9.59 Å². The fourth-order valence-corrected chi connectivity index (χ4v) is 3.10. The molecule has 0 saturated carbocycles. The van der Waals surface area contributed by atoms with Gasteiger partial charge in [0.15, 0.2) is 0 Å². The predicted octanol–water partition coefficient (Wildman–Crippen LogP) is 1.03. The fraction of sp³-hybridized carbons (Fsp3) is 0.444. The van der Waals surface area contributed by atoms with E-state index in [0.717, 1.165) is 18.4 Å². The molecule has 122 valence electrons. The molecule has 23 heavy (non-hydrogen) atoms. The Bertz CT molecular complexity index is 594. The van der Waals surface area contributed by atoms with Crippen LogP contribution < -0.4 is 5.32 Å². The maximum absolute atomic E-state index is 12.6. The van der Waals surface area contributed by atoms with Gasteiger partial charge in [-0.3, -0.25) is 14.5 Å². The van der Waals surface area contributed by atoms with Crippen molar-refractivity contribution in [1.29, 1.82) is 0 Å². The van der Waals surface area contributed by atoms with Crippen LogP contribution in [0.15, 0.2) is 30.3 Å². The van der Waals surface area contributed by atoms with Crippen LogP contribution in [0.4, 0.5) is 0 Å². The lowest BCUT2D eigenvalue weighted by atomic mass is 10.0. The smallest absolute Gasteiger partial charge is 0.241 e. The molecule has 1 heterocycles. The van der Waals surface area contributed by atoms with Crippen LogP contribution in [0.3, 0.4) is 0 Å². The number of hydrogen-bond donors (Lipinski definition) is 1. The Hall–Kier alpha value is -2.32. The number of amides is 2. The molecule has 1 N–H and O–H groups in total. The van der Waals surface area contributed by atoms with Gasteiger partial charge in [0.2, 0.25) is 11.8 Å². The largest absolute Gasteiger partial charge is 0.358 e. The Morgan fingerprint density at radius 2 is 2.13 bits per heavy atom. The van der Waals surface area contributed by atoms with Crippen LogP contribution in [0, 0.1) is 12.3 Å². The van der Waals surface area contributed by atoms with E-state index in [2.05, 4.69) is 11.2 Å². The number of nitrogens with zero attached hydrogens (tertiary/aromatic N) is 2. The van der Waals surface area contributed by atoms with Gasteiger partial charge in [-0.1, -0.05) is 36.3 Å². The van der Waals surface area contributed by atoms with Gasteiger partial charge in [0.25, 0.3) is 0 Å². The summed E-state index contributed by atoms with van der Waals surface area (Å²) in [6, 6.07) is 8.80. The zero-order chi connectivity index (χ0) is 16.8. The van der Waals surface area contributed by atoms with Gasteiger partial charge >= 0.3 is 0 Å². The van der Waals surface area contributed by atoms with Crippen LogP contribution in [-0.4, -0.2) is 54.8 Å². The molecule has 2 atom stereocenters. The highest BCUT2D eigenvalue weighted by Gasteiger charge is 2.39. The SMILES string of the molecule is C#CCN(C)C(=O)C1CCCN1C(C(=O)NC)c1ccccc1. The van der Waals surface area contributed by atoms with Crippen LogP contribution in [0.1, 0.15) is 24.4 Å². The molecule has 0 aromatic heterocycles. The quantitative estimate of drug-likeness (QED) is 0.826. The van der Waals surface area contributed by atoms with E-state index < -0.39 is 6.04 Å². The van der Waals surface area contributed by atoms with E-state index in [0.29, 0.717) is 6.54 Å². The minimum atomic E-state index is -0.461. The summed E-state index contributed by atoms with van der Waals surface area (Å²) in [5, 5.41) is 2.72. The normalized spacial score (nSPS) is 18.9. The molecule has 1 saturated heterocycles. The van der Waals surface area contributed by atoms with E-state index in [1.165, 1.54) is 0 Å². The third-order valence-electron chi connectivity index (χ3n) is 4.23. The predicted molar refractivity (Wildman–Crippen MR) is 89.4 cm³/mol. The van der Waals surface area contributed by atoms with E-state index in [1.807, 2.05) is 35.2 Å². The summed E-state index contributed by atoms with van der Waals surface area (Å²) in [5.74, 6) is 2.36. The molecule has 0 aliphatic carbocycles. The summed E-state index contributed by atoms with van der Waals surface area (Å²) in [6.07, 6.45) is 6.93. The first-order valence-electron chi connectivity index (χ1n) is 7.81. The van der Waals surface area contributed by atoms with Crippen molar-refractivity contribution in [1.82, 2.24) is 15.1 Å². The topological polar surface area (TPSA) is 52.7 Å². The lowest BCUT2D eigenvalue weighted by molar-refractivity contribution is -0.137. The highest BCUT2D eigenvalue weighted by atomic mass is 16.2. The Balaban J connectivity index is 2.29. The van der Waals surface area contributed by atoms with Gasteiger partial charge in [0.05, 0.1) is 12.6 Å².